The molecule has 0 aliphatic heterocycles. The first kappa shape index (κ1) is 32.3. The smallest absolute Gasteiger partial charge is 0.378 e. The summed E-state index contributed by atoms with van der Waals surface area (Å²) in [6.07, 6.45) is -4.74. The van der Waals surface area contributed by atoms with E-state index >= 15 is 0 Å². The molecule has 0 spiro atoms. The summed E-state index contributed by atoms with van der Waals surface area (Å²) < 4.78 is 83.9. The number of benzene rings is 4. The van der Waals surface area contributed by atoms with Crippen molar-refractivity contribution in [2.45, 2.75) is 12.4 Å². The Balaban J connectivity index is 1.75. The first-order chi connectivity index (χ1) is 21.7. The van der Waals surface area contributed by atoms with Gasteiger partial charge >= 0.3 is 12.4 Å². The maximum Gasteiger partial charge on any atom is 0.416 e. The Morgan fingerprint density at radius 1 is 0.609 bits per heavy atom. The monoisotopic (exact) mass is 631 g/mol. The molecule has 4 aromatic carbocycles. The van der Waals surface area contributed by atoms with E-state index < -0.39 is 23.5 Å². The van der Waals surface area contributed by atoms with Gasteiger partial charge in [0.05, 0.1) is 22.3 Å². The third-order valence-electron chi connectivity index (χ3n) is 7.50. The van der Waals surface area contributed by atoms with Gasteiger partial charge in [-0.3, -0.25) is 0 Å². The van der Waals surface area contributed by atoms with Crippen molar-refractivity contribution in [3.05, 3.63) is 136 Å². The highest BCUT2D eigenvalue weighted by atomic mass is 19.4. The number of fused-ring (bicyclic) bond motifs is 1. The van der Waals surface area contributed by atoms with Gasteiger partial charge in [0.2, 0.25) is 0 Å². The van der Waals surface area contributed by atoms with Crippen LogP contribution in [0, 0.1) is 0 Å². The van der Waals surface area contributed by atoms with Crippen LogP contribution in [-0.4, -0.2) is 33.2 Å². The van der Waals surface area contributed by atoms with Crippen molar-refractivity contribution in [1.82, 2.24) is 4.98 Å². The minimum absolute atomic E-state index is 0.146. The molecule has 46 heavy (non-hydrogen) atoms. The number of aromatic nitrogens is 1. The molecule has 0 atom stereocenters. The van der Waals surface area contributed by atoms with Crippen LogP contribution in [0.1, 0.15) is 39.1 Å². The largest absolute Gasteiger partial charge is 0.416 e. The topological polar surface area (TPSA) is 19.4 Å². The average Bonchev–Trinajstić information content (AvgIpc) is 3.01. The van der Waals surface area contributed by atoms with Crippen molar-refractivity contribution in [3.63, 3.8) is 0 Å². The molecule has 3 nitrogen and oxygen atoms in total. The number of nitrogens with zero attached hydrogens (tertiary/aromatic N) is 3. The van der Waals surface area contributed by atoms with E-state index in [1.54, 1.807) is 54.6 Å². The number of halogens is 6. The molecule has 0 saturated heterocycles. The van der Waals surface area contributed by atoms with Crippen molar-refractivity contribution in [1.29, 1.82) is 0 Å². The maximum atomic E-state index is 14.0. The number of hydrogen-bond acceptors (Lipinski definition) is 3. The highest BCUT2D eigenvalue weighted by Crippen LogP contribution is 2.40. The van der Waals surface area contributed by atoms with E-state index in [1.165, 1.54) is 0 Å². The molecule has 5 aromatic rings. The molecular formula is C37H31F6N3. The number of hydrogen-bond donors (Lipinski definition) is 0. The molecule has 236 valence electrons. The van der Waals surface area contributed by atoms with Gasteiger partial charge in [0, 0.05) is 45.0 Å². The zero-order valence-corrected chi connectivity index (χ0v) is 25.6. The molecule has 9 heteroatoms. The van der Waals surface area contributed by atoms with Crippen LogP contribution >= 0.6 is 0 Å². The van der Waals surface area contributed by atoms with Crippen molar-refractivity contribution in [3.8, 4) is 0 Å². The van der Waals surface area contributed by atoms with Gasteiger partial charge in [-0.2, -0.15) is 26.3 Å². The molecule has 0 unspecified atom stereocenters. The molecule has 0 bridgehead atoms. The third kappa shape index (κ3) is 7.42. The second kappa shape index (κ2) is 12.7. The van der Waals surface area contributed by atoms with E-state index in [9.17, 15) is 26.3 Å². The third-order valence-corrected chi connectivity index (χ3v) is 7.50. The van der Waals surface area contributed by atoms with E-state index in [0.717, 1.165) is 29.1 Å². The second-order valence-corrected chi connectivity index (χ2v) is 11.3. The molecule has 0 aliphatic rings. The summed E-state index contributed by atoms with van der Waals surface area (Å²) in [5.41, 5.74) is 2.09. The maximum absolute atomic E-state index is 14.0. The molecule has 0 aliphatic carbocycles. The van der Waals surface area contributed by atoms with Crippen LogP contribution < -0.4 is 9.80 Å². The lowest BCUT2D eigenvalue weighted by Gasteiger charge is -2.18. The van der Waals surface area contributed by atoms with Crippen LogP contribution in [-0.2, 0) is 12.4 Å². The van der Waals surface area contributed by atoms with Crippen LogP contribution in [0.25, 0.3) is 34.7 Å². The van der Waals surface area contributed by atoms with Gasteiger partial charge in [-0.05, 0) is 94.6 Å². The normalized spacial score (nSPS) is 12.6. The van der Waals surface area contributed by atoms with Gasteiger partial charge in [0.15, 0.2) is 0 Å². The summed E-state index contributed by atoms with van der Waals surface area (Å²) in [5, 5.41) is 0.581. The summed E-state index contributed by atoms with van der Waals surface area (Å²) in [6, 6.07) is 25.5. The first-order valence-electron chi connectivity index (χ1n) is 14.3. The summed E-state index contributed by atoms with van der Waals surface area (Å²) in [6.45, 7) is 0. The summed E-state index contributed by atoms with van der Waals surface area (Å²) in [5.74, 6) is 0. The fourth-order valence-electron chi connectivity index (χ4n) is 5.03. The van der Waals surface area contributed by atoms with E-state index in [2.05, 4.69) is 0 Å². The Kier molecular flexibility index (Phi) is 8.96. The Bertz CT molecular complexity index is 1870. The van der Waals surface area contributed by atoms with Crippen LogP contribution in [0.4, 0.5) is 37.7 Å². The molecule has 0 saturated carbocycles. The number of para-hydroxylation sites is 1. The number of alkyl halides is 6. The lowest BCUT2D eigenvalue weighted by atomic mass is 9.90. The zero-order valence-electron chi connectivity index (χ0n) is 25.6. The van der Waals surface area contributed by atoms with Crippen LogP contribution in [0.15, 0.2) is 97.1 Å². The highest BCUT2D eigenvalue weighted by molar-refractivity contribution is 6.02. The Labute approximate surface area is 263 Å². The molecule has 1 aromatic heterocycles. The predicted octanol–water partition coefficient (Wildman–Crippen LogP) is 10.2. The Morgan fingerprint density at radius 3 is 1.65 bits per heavy atom. The molecule has 5 rings (SSSR count). The molecular weight excluding hydrogens is 600 g/mol. The molecule has 0 radical (unpaired) electrons. The van der Waals surface area contributed by atoms with Crippen molar-refractivity contribution in [2.24, 2.45) is 0 Å². The van der Waals surface area contributed by atoms with Gasteiger partial charge in [-0.25, -0.2) is 4.98 Å². The van der Waals surface area contributed by atoms with Crippen LogP contribution in [0.2, 0.25) is 0 Å². The Hall–Kier alpha value is -5.05. The van der Waals surface area contributed by atoms with E-state index in [4.69, 9.17) is 4.98 Å². The number of rotatable bonds is 7. The summed E-state index contributed by atoms with van der Waals surface area (Å²) in [4.78, 5) is 8.60. The molecule has 1 heterocycles. The van der Waals surface area contributed by atoms with Gasteiger partial charge in [0.1, 0.15) is 0 Å². The van der Waals surface area contributed by atoms with Crippen molar-refractivity contribution >= 4 is 46.1 Å². The minimum atomic E-state index is -5.00. The van der Waals surface area contributed by atoms with Gasteiger partial charge < -0.3 is 9.80 Å². The zero-order chi connectivity index (χ0) is 33.2. The van der Waals surface area contributed by atoms with Crippen molar-refractivity contribution in [2.75, 3.05) is 38.0 Å². The lowest BCUT2D eigenvalue weighted by Crippen LogP contribution is -2.12. The molecule has 0 fully saturated rings. The minimum Gasteiger partial charge on any atom is -0.378 e. The van der Waals surface area contributed by atoms with Gasteiger partial charge in [0.25, 0.3) is 0 Å². The lowest BCUT2D eigenvalue weighted by molar-refractivity contribution is -0.143. The van der Waals surface area contributed by atoms with Crippen molar-refractivity contribution < 1.29 is 26.3 Å². The fraction of sp³-hybridized carbons (Fsp3) is 0.162. The number of anilines is 2. The van der Waals surface area contributed by atoms with Crippen LogP contribution in [0.5, 0.6) is 0 Å². The van der Waals surface area contributed by atoms with Gasteiger partial charge in [-0.15, -0.1) is 0 Å². The predicted molar refractivity (Wildman–Crippen MR) is 176 cm³/mol. The van der Waals surface area contributed by atoms with Gasteiger partial charge in [-0.1, -0.05) is 48.5 Å². The standard InChI is InChI=1S/C37H31F6N3/c1-45(2)30-15-10-24(11-16-30)9-14-29-23-34(32-7-5-6-8-35(32)44-29)33(19-25-12-17-31(18-13-25)46(3)4)26-20-27(36(38,39)40)22-28(21-26)37(41,42)43/h5-23H,1-4H3/b14-9+,33-19+. The number of pyridine rings is 1. The average molecular weight is 632 g/mol. The quantitative estimate of drug-likeness (QED) is 0.132. The second-order valence-electron chi connectivity index (χ2n) is 11.3. The highest BCUT2D eigenvalue weighted by Gasteiger charge is 2.37. The van der Waals surface area contributed by atoms with E-state index in [0.29, 0.717) is 27.7 Å². The summed E-state index contributed by atoms with van der Waals surface area (Å²) >= 11 is 0. The molecule has 0 amide bonds. The van der Waals surface area contributed by atoms with E-state index in [1.807, 2.05) is 80.5 Å². The first-order valence-corrected chi connectivity index (χ1v) is 14.3. The SMILES string of the molecule is CN(C)c1ccc(/C=C/c2cc(/C(=C/c3ccc(N(C)C)cc3)c3cc(C(F)(F)F)cc(C(F)(F)F)c3)c3ccccc3n2)cc1. The Morgan fingerprint density at radius 2 is 1.13 bits per heavy atom. The fourth-order valence-corrected chi connectivity index (χ4v) is 5.03. The molecule has 0 N–H and O–H groups in total. The van der Waals surface area contributed by atoms with Crippen LogP contribution in [0.3, 0.4) is 0 Å². The van der Waals surface area contributed by atoms with E-state index in [-0.39, 0.29) is 17.2 Å². The summed E-state index contributed by atoms with van der Waals surface area (Å²) in [7, 11) is 7.61.